The van der Waals surface area contributed by atoms with Gasteiger partial charge in [-0.2, -0.15) is 5.10 Å². The number of carbonyl (C=O) groups is 1. The van der Waals surface area contributed by atoms with Gasteiger partial charge in [-0.25, -0.2) is 5.01 Å². The maximum atomic E-state index is 12.9. The highest BCUT2D eigenvalue weighted by atomic mass is 32.1. The Morgan fingerprint density at radius 1 is 1.08 bits per heavy atom. The minimum absolute atomic E-state index is 0.134. The van der Waals surface area contributed by atoms with E-state index in [2.05, 4.69) is 5.10 Å². The summed E-state index contributed by atoms with van der Waals surface area (Å²) in [4.78, 5) is 14.6. The predicted molar refractivity (Wildman–Crippen MR) is 96.8 cm³/mol. The number of nitrogens with zero attached hydrogens (tertiary/aromatic N) is 2. The molecule has 1 aliphatic rings. The summed E-state index contributed by atoms with van der Waals surface area (Å²) in [6, 6.07) is 14.5. The molecule has 1 atom stereocenters. The van der Waals surface area contributed by atoms with Crippen molar-refractivity contribution in [3.05, 3.63) is 74.6 Å². The molecule has 2 aromatic heterocycles. The van der Waals surface area contributed by atoms with Crippen LogP contribution >= 0.6 is 22.7 Å². The number of aromatic hydroxyl groups is 1. The SMILES string of the molecule is O=C(c1cccs1)N1N=C(c2cccs2)C[C@@H]1c1ccccc1O. The lowest BCUT2D eigenvalue weighted by Crippen LogP contribution is -2.26. The van der Waals surface area contributed by atoms with Crippen molar-refractivity contribution in [3.63, 3.8) is 0 Å². The van der Waals surface area contributed by atoms with Crippen molar-refractivity contribution in [2.75, 3.05) is 0 Å². The lowest BCUT2D eigenvalue weighted by Gasteiger charge is -2.22. The molecule has 4 rings (SSSR count). The third-order valence-electron chi connectivity index (χ3n) is 3.95. The van der Waals surface area contributed by atoms with E-state index >= 15 is 0 Å². The second kappa shape index (κ2) is 6.22. The van der Waals surface area contributed by atoms with Crippen LogP contribution in [0.1, 0.15) is 32.6 Å². The number of benzene rings is 1. The second-order valence-electron chi connectivity index (χ2n) is 5.43. The number of carbonyl (C=O) groups excluding carboxylic acids is 1. The van der Waals surface area contributed by atoms with Gasteiger partial charge in [0.25, 0.3) is 5.91 Å². The highest BCUT2D eigenvalue weighted by Crippen LogP contribution is 2.38. The van der Waals surface area contributed by atoms with Crippen LogP contribution in [0, 0.1) is 0 Å². The molecule has 0 saturated heterocycles. The van der Waals surface area contributed by atoms with Gasteiger partial charge in [-0.15, -0.1) is 22.7 Å². The summed E-state index contributed by atoms with van der Waals surface area (Å²) < 4.78 is 0. The molecule has 24 heavy (non-hydrogen) atoms. The first-order valence-electron chi connectivity index (χ1n) is 7.50. The quantitative estimate of drug-likeness (QED) is 0.752. The van der Waals surface area contributed by atoms with Crippen LogP contribution in [-0.2, 0) is 0 Å². The van der Waals surface area contributed by atoms with Gasteiger partial charge in [-0.3, -0.25) is 4.79 Å². The van der Waals surface area contributed by atoms with Gasteiger partial charge < -0.3 is 5.11 Å². The number of thiophene rings is 2. The molecule has 0 aliphatic carbocycles. The second-order valence-corrected chi connectivity index (χ2v) is 7.33. The monoisotopic (exact) mass is 354 g/mol. The van der Waals surface area contributed by atoms with Crippen LogP contribution < -0.4 is 0 Å². The molecule has 0 unspecified atom stereocenters. The zero-order chi connectivity index (χ0) is 16.5. The molecule has 3 aromatic rings. The summed E-state index contributed by atoms with van der Waals surface area (Å²) in [7, 11) is 0. The topological polar surface area (TPSA) is 52.9 Å². The number of hydrazone groups is 1. The Kier molecular flexibility index (Phi) is 3.92. The van der Waals surface area contributed by atoms with E-state index in [1.807, 2.05) is 41.1 Å². The molecule has 1 aromatic carbocycles. The van der Waals surface area contributed by atoms with Gasteiger partial charge in [0.05, 0.1) is 21.5 Å². The molecular formula is C18H14N2O2S2. The Balaban J connectivity index is 1.75. The van der Waals surface area contributed by atoms with Crippen LogP contribution in [0.3, 0.4) is 0 Å². The van der Waals surface area contributed by atoms with E-state index < -0.39 is 0 Å². The van der Waals surface area contributed by atoms with Gasteiger partial charge in [0.15, 0.2) is 0 Å². The first kappa shape index (κ1) is 15.1. The number of phenols is 1. The molecule has 120 valence electrons. The van der Waals surface area contributed by atoms with Crippen molar-refractivity contribution in [2.45, 2.75) is 12.5 Å². The lowest BCUT2D eigenvalue weighted by atomic mass is 10.00. The minimum atomic E-state index is -0.294. The summed E-state index contributed by atoms with van der Waals surface area (Å²) in [6.45, 7) is 0. The standard InChI is InChI=1S/C18H14N2O2S2/c21-15-6-2-1-5-12(15)14-11-13(16-7-3-9-23-16)19-20(14)18(22)17-8-4-10-24-17/h1-10,14,21H,11H2/t14-/m1/s1. The zero-order valence-corrected chi connectivity index (χ0v) is 14.3. The van der Waals surface area contributed by atoms with Crippen LogP contribution in [-0.4, -0.2) is 21.7 Å². The highest BCUT2D eigenvalue weighted by molar-refractivity contribution is 7.12. The number of para-hydroxylation sites is 1. The molecule has 0 fully saturated rings. The lowest BCUT2D eigenvalue weighted by molar-refractivity contribution is 0.0714. The van der Waals surface area contributed by atoms with Gasteiger partial charge >= 0.3 is 0 Å². The Bertz CT molecular complexity index is 886. The normalized spacial score (nSPS) is 17.1. The molecule has 0 radical (unpaired) electrons. The summed E-state index contributed by atoms with van der Waals surface area (Å²) in [5, 5.41) is 20.2. The molecular weight excluding hydrogens is 340 g/mol. The molecule has 1 N–H and O–H groups in total. The van der Waals surface area contributed by atoms with Crippen LogP contribution in [0.4, 0.5) is 0 Å². The van der Waals surface area contributed by atoms with Crippen molar-refractivity contribution in [1.29, 1.82) is 0 Å². The number of phenolic OH excluding ortho intramolecular Hbond substituents is 1. The molecule has 1 amide bonds. The van der Waals surface area contributed by atoms with E-state index in [4.69, 9.17) is 0 Å². The maximum absolute atomic E-state index is 12.9. The number of amides is 1. The van der Waals surface area contributed by atoms with E-state index in [1.165, 1.54) is 16.3 Å². The molecule has 1 aliphatic heterocycles. The summed E-state index contributed by atoms with van der Waals surface area (Å²) in [5.41, 5.74) is 1.60. The molecule has 0 spiro atoms. The van der Waals surface area contributed by atoms with Gasteiger partial charge in [-0.05, 0) is 29.0 Å². The third-order valence-corrected chi connectivity index (χ3v) is 5.73. The number of hydrogen-bond acceptors (Lipinski definition) is 5. The largest absolute Gasteiger partial charge is 0.508 e. The Hall–Kier alpha value is -2.44. The fourth-order valence-electron chi connectivity index (χ4n) is 2.81. The molecule has 6 heteroatoms. The first-order chi connectivity index (χ1) is 11.7. The van der Waals surface area contributed by atoms with E-state index in [0.29, 0.717) is 11.3 Å². The molecule has 0 saturated carbocycles. The van der Waals surface area contributed by atoms with Crippen molar-refractivity contribution >= 4 is 34.3 Å². The van der Waals surface area contributed by atoms with Gasteiger partial charge in [-0.1, -0.05) is 30.3 Å². The van der Waals surface area contributed by atoms with E-state index in [9.17, 15) is 9.90 Å². The number of hydrogen-bond donors (Lipinski definition) is 1. The van der Waals surface area contributed by atoms with Crippen molar-refractivity contribution in [1.82, 2.24) is 5.01 Å². The van der Waals surface area contributed by atoms with Gasteiger partial charge in [0.1, 0.15) is 5.75 Å². The fourth-order valence-corrected chi connectivity index (χ4v) is 4.19. The number of rotatable bonds is 3. The maximum Gasteiger partial charge on any atom is 0.284 e. The smallest absolute Gasteiger partial charge is 0.284 e. The molecule has 4 nitrogen and oxygen atoms in total. The first-order valence-corrected chi connectivity index (χ1v) is 9.26. The molecule has 0 bridgehead atoms. The third kappa shape index (κ3) is 2.64. The van der Waals surface area contributed by atoms with Crippen LogP contribution in [0.25, 0.3) is 0 Å². The van der Waals surface area contributed by atoms with Crippen LogP contribution in [0.2, 0.25) is 0 Å². The van der Waals surface area contributed by atoms with Gasteiger partial charge in [0.2, 0.25) is 0 Å². The van der Waals surface area contributed by atoms with Crippen LogP contribution in [0.15, 0.2) is 64.4 Å². The van der Waals surface area contributed by atoms with Crippen LogP contribution in [0.5, 0.6) is 5.75 Å². The van der Waals surface area contributed by atoms with E-state index in [1.54, 1.807) is 29.5 Å². The van der Waals surface area contributed by atoms with Crippen molar-refractivity contribution in [3.8, 4) is 5.75 Å². The fraction of sp³-hybridized carbons (Fsp3) is 0.111. The molecule has 3 heterocycles. The summed E-state index contributed by atoms with van der Waals surface area (Å²) in [5.74, 6) is 0.0546. The summed E-state index contributed by atoms with van der Waals surface area (Å²) >= 11 is 3.00. The minimum Gasteiger partial charge on any atom is -0.508 e. The Morgan fingerprint density at radius 2 is 1.88 bits per heavy atom. The zero-order valence-electron chi connectivity index (χ0n) is 12.6. The average Bonchev–Trinajstić information content (AvgIpc) is 3.34. The predicted octanol–water partition coefficient (Wildman–Crippen LogP) is 4.51. The van der Waals surface area contributed by atoms with Gasteiger partial charge in [0, 0.05) is 12.0 Å². The Morgan fingerprint density at radius 3 is 2.58 bits per heavy atom. The average molecular weight is 354 g/mol. The van der Waals surface area contributed by atoms with E-state index in [0.717, 1.165) is 16.2 Å². The summed E-state index contributed by atoms with van der Waals surface area (Å²) in [6.07, 6.45) is 0.592. The Labute approximate surface area is 147 Å². The van der Waals surface area contributed by atoms with E-state index in [-0.39, 0.29) is 17.7 Å². The van der Waals surface area contributed by atoms with Crippen molar-refractivity contribution < 1.29 is 9.90 Å². The van der Waals surface area contributed by atoms with Crippen molar-refractivity contribution in [2.24, 2.45) is 5.10 Å². The highest BCUT2D eigenvalue weighted by Gasteiger charge is 2.35.